The van der Waals surface area contributed by atoms with Crippen molar-refractivity contribution < 1.29 is 4.79 Å². The normalized spacial score (nSPS) is 8.12. The molecule has 4 aromatic rings. The van der Waals surface area contributed by atoms with Crippen molar-refractivity contribution in [3.05, 3.63) is 132 Å². The molecular weight excluding hydrogens is 412 g/mol. The van der Waals surface area contributed by atoms with Gasteiger partial charge in [0.1, 0.15) is 0 Å². The SMILES string of the molecule is CC.CC.CC.CC.O=C(c1ccccc1)c1ccccc1.c1ccc(-c2ccccc2)cc1. The Hall–Kier alpha value is -3.45. The van der Waals surface area contributed by atoms with Crippen molar-refractivity contribution in [2.45, 2.75) is 55.4 Å². The Morgan fingerprint density at radius 3 is 0.794 bits per heavy atom. The lowest BCUT2D eigenvalue weighted by Crippen LogP contribution is -1.99. The van der Waals surface area contributed by atoms with E-state index in [-0.39, 0.29) is 5.78 Å². The van der Waals surface area contributed by atoms with E-state index in [0.717, 1.165) is 11.1 Å². The first-order valence-electron chi connectivity index (χ1n) is 12.6. The van der Waals surface area contributed by atoms with Crippen molar-refractivity contribution in [2.75, 3.05) is 0 Å². The van der Waals surface area contributed by atoms with Crippen molar-refractivity contribution in [1.29, 1.82) is 0 Å². The van der Waals surface area contributed by atoms with Crippen molar-refractivity contribution in [1.82, 2.24) is 0 Å². The molecule has 0 unspecified atom stereocenters. The van der Waals surface area contributed by atoms with Crippen molar-refractivity contribution in [3.8, 4) is 11.1 Å². The highest BCUT2D eigenvalue weighted by molar-refractivity contribution is 6.08. The molecule has 0 N–H and O–H groups in total. The van der Waals surface area contributed by atoms with Crippen LogP contribution in [0.2, 0.25) is 0 Å². The summed E-state index contributed by atoms with van der Waals surface area (Å²) in [5.41, 5.74) is 4.02. The largest absolute Gasteiger partial charge is 0.289 e. The third-order valence-corrected chi connectivity index (χ3v) is 3.95. The van der Waals surface area contributed by atoms with Gasteiger partial charge in [0, 0.05) is 11.1 Å². The van der Waals surface area contributed by atoms with E-state index >= 15 is 0 Å². The van der Waals surface area contributed by atoms with Gasteiger partial charge in [-0.05, 0) is 11.1 Å². The number of carbonyl (C=O) groups is 1. The van der Waals surface area contributed by atoms with Crippen LogP contribution in [0.25, 0.3) is 11.1 Å². The van der Waals surface area contributed by atoms with E-state index in [9.17, 15) is 4.79 Å². The fourth-order valence-corrected chi connectivity index (χ4v) is 2.61. The smallest absolute Gasteiger partial charge is 0.193 e. The van der Waals surface area contributed by atoms with E-state index in [1.807, 2.05) is 128 Å². The van der Waals surface area contributed by atoms with Crippen LogP contribution in [0, 0.1) is 0 Å². The van der Waals surface area contributed by atoms with Gasteiger partial charge in [-0.1, -0.05) is 177 Å². The molecule has 0 radical (unpaired) electrons. The van der Waals surface area contributed by atoms with Gasteiger partial charge in [-0.25, -0.2) is 0 Å². The summed E-state index contributed by atoms with van der Waals surface area (Å²) in [5, 5.41) is 0. The Labute approximate surface area is 209 Å². The lowest BCUT2D eigenvalue weighted by molar-refractivity contribution is 0.103. The van der Waals surface area contributed by atoms with E-state index in [1.165, 1.54) is 11.1 Å². The van der Waals surface area contributed by atoms with Crippen molar-refractivity contribution in [2.24, 2.45) is 0 Å². The summed E-state index contributed by atoms with van der Waals surface area (Å²) >= 11 is 0. The first-order valence-corrected chi connectivity index (χ1v) is 12.6. The van der Waals surface area contributed by atoms with E-state index in [1.54, 1.807) is 0 Å². The van der Waals surface area contributed by atoms with Crippen molar-refractivity contribution >= 4 is 5.78 Å². The fourth-order valence-electron chi connectivity index (χ4n) is 2.61. The van der Waals surface area contributed by atoms with Crippen LogP contribution in [0.4, 0.5) is 0 Å². The molecule has 0 aliphatic heterocycles. The van der Waals surface area contributed by atoms with E-state index in [4.69, 9.17) is 0 Å². The molecule has 4 aromatic carbocycles. The molecule has 0 bridgehead atoms. The van der Waals surface area contributed by atoms with Gasteiger partial charge in [-0.2, -0.15) is 0 Å². The molecule has 0 atom stereocenters. The number of benzene rings is 4. The van der Waals surface area contributed by atoms with Crippen LogP contribution in [0.3, 0.4) is 0 Å². The minimum absolute atomic E-state index is 0.0752. The zero-order valence-electron chi connectivity index (χ0n) is 22.5. The van der Waals surface area contributed by atoms with Crippen LogP contribution >= 0.6 is 0 Å². The number of hydrogen-bond donors (Lipinski definition) is 0. The molecule has 0 aromatic heterocycles. The highest BCUT2D eigenvalue weighted by atomic mass is 16.1. The average Bonchev–Trinajstić information content (AvgIpc) is 2.99. The Bertz CT molecular complexity index is 836. The molecule has 0 aliphatic carbocycles. The zero-order valence-corrected chi connectivity index (χ0v) is 22.5. The second kappa shape index (κ2) is 24.2. The molecule has 1 heteroatoms. The van der Waals surface area contributed by atoms with E-state index in [2.05, 4.69) is 48.5 Å². The molecule has 34 heavy (non-hydrogen) atoms. The van der Waals surface area contributed by atoms with Crippen molar-refractivity contribution in [3.63, 3.8) is 0 Å². The van der Waals surface area contributed by atoms with Gasteiger partial charge in [0.05, 0.1) is 0 Å². The molecule has 0 saturated carbocycles. The second-order valence-corrected chi connectivity index (χ2v) is 5.79. The highest BCUT2D eigenvalue weighted by Gasteiger charge is 2.06. The van der Waals surface area contributed by atoms with Gasteiger partial charge < -0.3 is 0 Å². The minimum Gasteiger partial charge on any atom is -0.289 e. The maximum Gasteiger partial charge on any atom is 0.193 e. The van der Waals surface area contributed by atoms with Gasteiger partial charge in [0.2, 0.25) is 0 Å². The molecule has 0 saturated heterocycles. The molecule has 4 rings (SSSR count). The predicted octanol–water partition coefficient (Wildman–Crippen LogP) is 10.4. The highest BCUT2D eigenvalue weighted by Crippen LogP contribution is 2.17. The fraction of sp³-hybridized carbons (Fsp3) is 0.242. The molecule has 0 spiro atoms. The summed E-state index contributed by atoms with van der Waals surface area (Å²) in [6.45, 7) is 16.0. The van der Waals surface area contributed by atoms with E-state index in [0.29, 0.717) is 0 Å². The maximum absolute atomic E-state index is 11.8. The zero-order chi connectivity index (χ0) is 26.0. The summed E-state index contributed by atoms with van der Waals surface area (Å²) in [7, 11) is 0. The predicted molar refractivity (Wildman–Crippen MR) is 154 cm³/mol. The summed E-state index contributed by atoms with van der Waals surface area (Å²) in [4.78, 5) is 11.8. The van der Waals surface area contributed by atoms with Gasteiger partial charge in [0.15, 0.2) is 5.78 Å². The number of rotatable bonds is 3. The molecular formula is C33H44O. The summed E-state index contributed by atoms with van der Waals surface area (Å²) < 4.78 is 0. The molecule has 182 valence electrons. The summed E-state index contributed by atoms with van der Waals surface area (Å²) in [6.07, 6.45) is 0. The first-order chi connectivity index (χ1) is 16.8. The second-order valence-electron chi connectivity index (χ2n) is 5.79. The van der Waals surface area contributed by atoms with Crippen LogP contribution in [0.5, 0.6) is 0 Å². The average molecular weight is 457 g/mol. The maximum atomic E-state index is 11.8. The van der Waals surface area contributed by atoms with Gasteiger partial charge >= 0.3 is 0 Å². The third-order valence-electron chi connectivity index (χ3n) is 3.95. The Balaban J connectivity index is 0. The molecule has 0 heterocycles. The quantitative estimate of drug-likeness (QED) is 0.280. The topological polar surface area (TPSA) is 17.1 Å². The van der Waals surface area contributed by atoms with Crippen LogP contribution in [0.1, 0.15) is 71.3 Å². The molecule has 0 fully saturated rings. The van der Waals surface area contributed by atoms with Gasteiger partial charge in [-0.15, -0.1) is 0 Å². The lowest BCUT2D eigenvalue weighted by atomic mass is 10.0. The lowest BCUT2D eigenvalue weighted by Gasteiger charge is -1.99. The first kappa shape index (κ1) is 32.7. The summed E-state index contributed by atoms with van der Waals surface area (Å²) in [5.74, 6) is 0.0752. The number of ketones is 1. The Kier molecular flexibility index (Phi) is 23.3. The minimum atomic E-state index is 0.0752. The third kappa shape index (κ3) is 13.2. The molecule has 1 nitrogen and oxygen atoms in total. The monoisotopic (exact) mass is 456 g/mol. The Morgan fingerprint density at radius 2 is 0.559 bits per heavy atom. The summed E-state index contributed by atoms with van der Waals surface area (Å²) in [6, 6.07) is 39.4. The van der Waals surface area contributed by atoms with Gasteiger partial charge in [0.25, 0.3) is 0 Å². The molecule has 0 amide bonds. The standard InChI is InChI=1S/C13H10O.C12H10.4C2H6/c14-13(11-7-3-1-4-8-11)12-9-5-2-6-10-12;1-3-7-11(8-4-1)12-9-5-2-6-10-12;4*1-2/h1-10H;1-10H;4*1-2H3. The van der Waals surface area contributed by atoms with E-state index < -0.39 is 0 Å². The van der Waals surface area contributed by atoms with Crippen LogP contribution < -0.4 is 0 Å². The number of hydrogen-bond acceptors (Lipinski definition) is 1. The Morgan fingerprint density at radius 1 is 0.353 bits per heavy atom. The van der Waals surface area contributed by atoms with Crippen LogP contribution in [-0.4, -0.2) is 5.78 Å². The van der Waals surface area contributed by atoms with Crippen LogP contribution in [0.15, 0.2) is 121 Å². The van der Waals surface area contributed by atoms with Crippen LogP contribution in [-0.2, 0) is 0 Å². The van der Waals surface area contributed by atoms with Gasteiger partial charge in [-0.3, -0.25) is 4.79 Å². The molecule has 0 aliphatic rings. The number of carbonyl (C=O) groups excluding carboxylic acids is 1.